The molecule has 3 aromatic rings. The third kappa shape index (κ3) is 1.97. The Morgan fingerprint density at radius 2 is 1.60 bits per heavy atom. The van der Waals surface area contributed by atoms with Crippen molar-refractivity contribution in [3.05, 3.63) is 58.8 Å². The molecule has 0 aliphatic rings. The molecule has 0 heterocycles. The Kier molecular flexibility index (Phi) is 3.03. The van der Waals surface area contributed by atoms with Gasteiger partial charge in [-0.1, -0.05) is 30.3 Å². The first kappa shape index (κ1) is 12.5. The summed E-state index contributed by atoms with van der Waals surface area (Å²) in [5, 5.41) is 0. The lowest BCUT2D eigenvalue weighted by molar-refractivity contribution is 0.404. The Morgan fingerprint density at radius 1 is 0.850 bits per heavy atom. The number of ether oxygens (including phenoxy) is 2. The van der Waals surface area contributed by atoms with Crippen LogP contribution < -0.4 is 14.9 Å². The van der Waals surface area contributed by atoms with Crippen molar-refractivity contribution in [2.45, 2.75) is 0 Å². The highest BCUT2D eigenvalue weighted by Gasteiger charge is 2.27. The van der Waals surface area contributed by atoms with Gasteiger partial charge in [0.05, 0.1) is 14.2 Å². The van der Waals surface area contributed by atoms with Gasteiger partial charge in [-0.05, 0) is 23.8 Å². The van der Waals surface area contributed by atoms with Gasteiger partial charge in [-0.25, -0.2) is 0 Å². The van der Waals surface area contributed by atoms with Gasteiger partial charge in [-0.2, -0.15) is 0 Å². The lowest BCUT2D eigenvalue weighted by Crippen LogP contribution is -1.89. The molecular weight excluding hydrogens is 252 g/mol. The third-order valence-electron chi connectivity index (χ3n) is 3.38. The molecule has 0 fully saturated rings. The van der Waals surface area contributed by atoms with Crippen molar-refractivity contribution in [2.75, 3.05) is 14.2 Å². The van der Waals surface area contributed by atoms with Crippen LogP contribution in [0.15, 0.2) is 53.3 Å². The molecule has 3 heteroatoms. The van der Waals surface area contributed by atoms with Crippen LogP contribution in [0.2, 0.25) is 0 Å². The normalized spacial score (nSPS) is 10.7. The summed E-state index contributed by atoms with van der Waals surface area (Å²) in [5.41, 5.74) is 3.28. The molecule has 0 N–H and O–H groups in total. The molecular formula is C17H14O3. The van der Waals surface area contributed by atoms with Crippen LogP contribution in [0.1, 0.15) is 0 Å². The van der Waals surface area contributed by atoms with E-state index in [4.69, 9.17) is 9.47 Å². The molecule has 100 valence electrons. The molecule has 0 radical (unpaired) electrons. The summed E-state index contributed by atoms with van der Waals surface area (Å²) in [6.45, 7) is 0. The fourth-order valence-corrected chi connectivity index (χ4v) is 2.32. The number of methoxy groups -OCH3 is 2. The SMILES string of the molecule is COc1ccc(OC)c(-c2c(-c3ccccc3)c2=O)c1. The Hall–Kier alpha value is -2.55. The van der Waals surface area contributed by atoms with E-state index in [1.165, 1.54) is 0 Å². The molecule has 0 aliphatic carbocycles. The molecule has 0 unspecified atom stereocenters. The van der Waals surface area contributed by atoms with Gasteiger partial charge in [0.2, 0.25) is 0 Å². The second kappa shape index (κ2) is 4.85. The largest absolute Gasteiger partial charge is 0.497 e. The van der Waals surface area contributed by atoms with Gasteiger partial charge >= 0.3 is 0 Å². The highest BCUT2D eigenvalue weighted by molar-refractivity contribution is 5.96. The zero-order valence-electron chi connectivity index (χ0n) is 11.3. The van der Waals surface area contributed by atoms with Crippen LogP contribution in [0.4, 0.5) is 0 Å². The predicted octanol–water partition coefficient (Wildman–Crippen LogP) is 3.27. The van der Waals surface area contributed by atoms with Crippen molar-refractivity contribution < 1.29 is 9.47 Å². The van der Waals surface area contributed by atoms with E-state index in [1.54, 1.807) is 14.2 Å². The van der Waals surface area contributed by atoms with E-state index >= 15 is 0 Å². The zero-order chi connectivity index (χ0) is 14.1. The summed E-state index contributed by atoms with van der Waals surface area (Å²) in [6.07, 6.45) is 0. The van der Waals surface area contributed by atoms with Gasteiger partial charge in [-0.3, -0.25) is 4.79 Å². The quantitative estimate of drug-likeness (QED) is 0.727. The smallest absolute Gasteiger partial charge is 0.195 e. The van der Waals surface area contributed by atoms with Crippen LogP contribution in [0.5, 0.6) is 11.5 Å². The standard InChI is InChI=1S/C17H14O3/c1-19-12-8-9-14(20-2)13(10-12)16-15(17(16)18)11-6-4-3-5-7-11/h3-10H,1-2H3. The van der Waals surface area contributed by atoms with Crippen LogP contribution in [-0.4, -0.2) is 14.2 Å². The molecule has 0 spiro atoms. The number of rotatable bonds is 4. The Balaban J connectivity index is 2.10. The van der Waals surface area contributed by atoms with Crippen LogP contribution in [0, 0.1) is 0 Å². The van der Waals surface area contributed by atoms with Crippen LogP contribution in [0.3, 0.4) is 0 Å². The van der Waals surface area contributed by atoms with E-state index in [2.05, 4.69) is 0 Å². The molecule has 0 amide bonds. The first-order valence-electron chi connectivity index (χ1n) is 6.33. The fourth-order valence-electron chi connectivity index (χ4n) is 2.32. The summed E-state index contributed by atoms with van der Waals surface area (Å²) in [6, 6.07) is 15.1. The average molecular weight is 266 g/mol. The van der Waals surface area contributed by atoms with Gasteiger partial charge in [-0.15, -0.1) is 0 Å². The van der Waals surface area contributed by atoms with Crippen molar-refractivity contribution in [3.8, 4) is 33.8 Å². The summed E-state index contributed by atoms with van der Waals surface area (Å²) < 4.78 is 10.6. The molecule has 0 aliphatic heterocycles. The topological polar surface area (TPSA) is 35.5 Å². The lowest BCUT2D eigenvalue weighted by atomic mass is 10.1. The van der Waals surface area contributed by atoms with Crippen molar-refractivity contribution >= 4 is 0 Å². The maximum absolute atomic E-state index is 12.1. The average Bonchev–Trinajstić information content (AvgIpc) is 3.18. The second-order valence-corrected chi connectivity index (χ2v) is 4.51. The van der Waals surface area contributed by atoms with E-state index in [-0.39, 0.29) is 5.43 Å². The molecule has 0 saturated heterocycles. The van der Waals surface area contributed by atoms with Gasteiger partial charge in [0.25, 0.3) is 0 Å². The monoisotopic (exact) mass is 266 g/mol. The molecule has 0 aromatic heterocycles. The predicted molar refractivity (Wildman–Crippen MR) is 79.1 cm³/mol. The van der Waals surface area contributed by atoms with E-state index in [9.17, 15) is 4.79 Å². The van der Waals surface area contributed by atoms with Crippen LogP contribution in [-0.2, 0) is 0 Å². The van der Waals surface area contributed by atoms with Crippen molar-refractivity contribution in [3.63, 3.8) is 0 Å². The Labute approximate surface area is 117 Å². The minimum atomic E-state index is 0.0720. The maximum atomic E-state index is 12.1. The molecule has 0 atom stereocenters. The molecule has 3 nitrogen and oxygen atoms in total. The highest BCUT2D eigenvalue weighted by Crippen LogP contribution is 2.40. The number of hydrogen-bond acceptors (Lipinski definition) is 3. The van der Waals surface area contributed by atoms with E-state index in [0.717, 1.165) is 16.7 Å². The molecule has 0 saturated carbocycles. The minimum Gasteiger partial charge on any atom is -0.497 e. The van der Waals surface area contributed by atoms with Crippen LogP contribution >= 0.6 is 0 Å². The lowest BCUT2D eigenvalue weighted by Gasteiger charge is -2.07. The van der Waals surface area contributed by atoms with Gasteiger partial charge in [0.1, 0.15) is 11.5 Å². The first-order valence-corrected chi connectivity index (χ1v) is 6.33. The third-order valence-corrected chi connectivity index (χ3v) is 3.38. The highest BCUT2D eigenvalue weighted by atomic mass is 16.5. The second-order valence-electron chi connectivity index (χ2n) is 4.51. The number of hydrogen-bond donors (Lipinski definition) is 0. The van der Waals surface area contributed by atoms with Gasteiger partial charge < -0.3 is 9.47 Å². The Bertz CT molecular complexity index is 750. The Morgan fingerprint density at radius 3 is 2.25 bits per heavy atom. The van der Waals surface area contributed by atoms with Crippen molar-refractivity contribution in [2.24, 2.45) is 0 Å². The summed E-state index contributed by atoms with van der Waals surface area (Å²) in [5.74, 6) is 1.39. The van der Waals surface area contributed by atoms with Crippen molar-refractivity contribution in [1.82, 2.24) is 0 Å². The van der Waals surface area contributed by atoms with Crippen molar-refractivity contribution in [1.29, 1.82) is 0 Å². The summed E-state index contributed by atoms with van der Waals surface area (Å²) in [4.78, 5) is 12.1. The fraction of sp³-hybridized carbons (Fsp3) is 0.118. The van der Waals surface area contributed by atoms with Crippen LogP contribution in [0.25, 0.3) is 22.3 Å². The molecule has 0 bridgehead atoms. The van der Waals surface area contributed by atoms with Gasteiger partial charge in [0.15, 0.2) is 5.43 Å². The van der Waals surface area contributed by atoms with E-state index < -0.39 is 0 Å². The summed E-state index contributed by atoms with van der Waals surface area (Å²) >= 11 is 0. The van der Waals surface area contributed by atoms with E-state index in [0.29, 0.717) is 17.1 Å². The zero-order valence-corrected chi connectivity index (χ0v) is 11.3. The molecule has 3 aromatic carbocycles. The van der Waals surface area contributed by atoms with E-state index in [1.807, 2.05) is 48.5 Å². The minimum absolute atomic E-state index is 0.0720. The van der Waals surface area contributed by atoms with Gasteiger partial charge in [0, 0.05) is 16.7 Å². The molecule has 3 rings (SSSR count). The number of benzene rings is 2. The molecule has 20 heavy (non-hydrogen) atoms. The first-order chi connectivity index (χ1) is 9.76. The maximum Gasteiger partial charge on any atom is 0.195 e. The summed E-state index contributed by atoms with van der Waals surface area (Å²) in [7, 11) is 3.20.